The molecule has 2 aromatic heterocycles. The van der Waals surface area contributed by atoms with Gasteiger partial charge in [-0.3, -0.25) is 4.79 Å². The van der Waals surface area contributed by atoms with E-state index < -0.39 is 0 Å². The Balaban J connectivity index is 1.27. The molecule has 6 nitrogen and oxygen atoms in total. The van der Waals surface area contributed by atoms with Crippen molar-refractivity contribution >= 4 is 45.4 Å². The molecule has 29 heavy (non-hydrogen) atoms. The van der Waals surface area contributed by atoms with Gasteiger partial charge in [0.05, 0.1) is 16.4 Å². The van der Waals surface area contributed by atoms with Crippen molar-refractivity contribution < 1.29 is 13.9 Å². The third kappa shape index (κ3) is 5.24. The first-order chi connectivity index (χ1) is 14.2. The molecule has 0 aliphatic carbocycles. The summed E-state index contributed by atoms with van der Waals surface area (Å²) in [6, 6.07) is 19.1. The van der Waals surface area contributed by atoms with E-state index in [2.05, 4.69) is 15.5 Å². The second-order valence-corrected chi connectivity index (χ2v) is 8.38. The Morgan fingerprint density at radius 1 is 1.21 bits per heavy atom. The second kappa shape index (κ2) is 8.93. The predicted octanol–water partition coefficient (Wildman–Crippen LogP) is 4.88. The van der Waals surface area contributed by atoms with Crippen molar-refractivity contribution in [3.63, 3.8) is 0 Å². The van der Waals surface area contributed by atoms with E-state index in [0.29, 0.717) is 16.6 Å². The maximum atomic E-state index is 11.8. The average molecular weight is 424 g/mol. The molecule has 4 aromatic rings. The van der Waals surface area contributed by atoms with Crippen LogP contribution in [0.4, 0.5) is 0 Å². The molecular weight excluding hydrogens is 406 g/mol. The minimum atomic E-state index is -0.350. The van der Waals surface area contributed by atoms with E-state index in [-0.39, 0.29) is 12.5 Å². The molecule has 1 N–H and O–H groups in total. The van der Waals surface area contributed by atoms with Gasteiger partial charge in [-0.25, -0.2) is 10.4 Å². The van der Waals surface area contributed by atoms with Crippen LogP contribution < -0.4 is 10.2 Å². The minimum absolute atomic E-state index is 0.114. The Morgan fingerprint density at radius 3 is 2.86 bits per heavy atom. The molecule has 0 aliphatic heterocycles. The number of fused-ring (bicyclic) bond motifs is 1. The number of hydrogen-bond acceptors (Lipinski definition) is 7. The van der Waals surface area contributed by atoms with Crippen molar-refractivity contribution in [1.29, 1.82) is 0 Å². The number of amides is 1. The summed E-state index contributed by atoms with van der Waals surface area (Å²) in [5, 5.41) is 4.61. The van der Waals surface area contributed by atoms with Crippen LogP contribution in [0.25, 0.3) is 10.2 Å². The topological polar surface area (TPSA) is 76.7 Å². The molecular formula is C21H17N3O3S2. The lowest BCUT2D eigenvalue weighted by Crippen LogP contribution is -2.24. The lowest BCUT2D eigenvalue weighted by Gasteiger charge is -2.04. The summed E-state index contributed by atoms with van der Waals surface area (Å²) in [5.74, 6) is 0.822. The van der Waals surface area contributed by atoms with Crippen molar-refractivity contribution in [1.82, 2.24) is 10.4 Å². The summed E-state index contributed by atoms with van der Waals surface area (Å²) in [6.45, 7) is 1.88. The van der Waals surface area contributed by atoms with Crippen LogP contribution in [0.1, 0.15) is 11.3 Å². The number of aromatic nitrogens is 1. The number of rotatable bonds is 7. The zero-order chi connectivity index (χ0) is 20.1. The Labute approximate surface area is 175 Å². The summed E-state index contributed by atoms with van der Waals surface area (Å²) in [7, 11) is 0. The average Bonchev–Trinajstić information content (AvgIpc) is 3.34. The highest BCUT2D eigenvalue weighted by atomic mass is 32.2. The first-order valence-electron chi connectivity index (χ1n) is 8.80. The van der Waals surface area contributed by atoms with Gasteiger partial charge in [-0.2, -0.15) is 5.10 Å². The third-order valence-electron chi connectivity index (χ3n) is 3.84. The summed E-state index contributed by atoms with van der Waals surface area (Å²) in [4.78, 5) is 16.4. The van der Waals surface area contributed by atoms with Crippen molar-refractivity contribution in [2.75, 3.05) is 6.61 Å². The number of thiazole rings is 1. The summed E-state index contributed by atoms with van der Waals surface area (Å²) >= 11 is 3.07. The van der Waals surface area contributed by atoms with E-state index in [0.717, 1.165) is 20.1 Å². The number of benzene rings is 2. The molecule has 0 radical (unpaired) electrons. The molecule has 0 unspecified atom stereocenters. The molecule has 0 saturated heterocycles. The van der Waals surface area contributed by atoms with E-state index >= 15 is 0 Å². The largest absolute Gasteiger partial charge is 0.484 e. The maximum absolute atomic E-state index is 11.8. The van der Waals surface area contributed by atoms with Crippen molar-refractivity contribution in [2.24, 2.45) is 5.10 Å². The molecule has 4 rings (SSSR count). The first-order valence-corrected chi connectivity index (χ1v) is 10.4. The molecule has 146 valence electrons. The van der Waals surface area contributed by atoms with Gasteiger partial charge in [-0.1, -0.05) is 29.8 Å². The summed E-state index contributed by atoms with van der Waals surface area (Å²) < 4.78 is 13.2. The van der Waals surface area contributed by atoms with Crippen molar-refractivity contribution in [2.45, 2.75) is 16.4 Å². The zero-order valence-corrected chi connectivity index (χ0v) is 17.1. The quantitative estimate of drug-likeness (QED) is 0.339. The molecule has 0 fully saturated rings. The van der Waals surface area contributed by atoms with Crippen molar-refractivity contribution in [3.05, 3.63) is 72.0 Å². The fraction of sp³-hybridized carbons (Fsp3) is 0.0952. The van der Waals surface area contributed by atoms with E-state index in [1.165, 1.54) is 18.0 Å². The highest BCUT2D eigenvalue weighted by Crippen LogP contribution is 2.34. The molecule has 0 spiro atoms. The fourth-order valence-electron chi connectivity index (χ4n) is 2.42. The normalized spacial score (nSPS) is 11.2. The van der Waals surface area contributed by atoms with Crippen molar-refractivity contribution in [3.8, 4) is 5.75 Å². The van der Waals surface area contributed by atoms with Gasteiger partial charge >= 0.3 is 0 Å². The molecule has 2 heterocycles. The number of hydrazone groups is 1. The number of furan rings is 1. The number of nitrogens with one attached hydrogen (secondary N) is 1. The second-order valence-electron chi connectivity index (χ2n) is 6.10. The molecule has 8 heteroatoms. The molecule has 0 saturated carbocycles. The van der Waals surface area contributed by atoms with Crippen LogP contribution in [0.2, 0.25) is 0 Å². The molecule has 1 amide bonds. The lowest BCUT2D eigenvalue weighted by atomic mass is 10.2. The smallest absolute Gasteiger partial charge is 0.277 e. The Kier molecular flexibility index (Phi) is 5.92. The van der Waals surface area contributed by atoms with Gasteiger partial charge in [0.25, 0.3) is 5.91 Å². The number of para-hydroxylation sites is 1. The fourth-order valence-corrected chi connectivity index (χ4v) is 4.39. The summed E-state index contributed by atoms with van der Waals surface area (Å²) in [5.41, 5.74) is 4.52. The molecule has 0 atom stereocenters. The van der Waals surface area contributed by atoms with Crippen LogP contribution in [-0.2, 0) is 4.79 Å². The Hall–Kier alpha value is -3.10. The number of ether oxygens (including phenoxy) is 1. The monoisotopic (exact) mass is 423 g/mol. The SMILES string of the molecule is Cc1ccc(OCC(=O)N/N=C/c2ccc(Sc3nc4ccccc4s3)o2)cc1. The van der Waals surface area contributed by atoms with Gasteiger partial charge in [-0.15, -0.1) is 11.3 Å². The van der Waals surface area contributed by atoms with Gasteiger partial charge in [-0.05, 0) is 55.1 Å². The van der Waals surface area contributed by atoms with E-state index in [1.54, 1.807) is 17.4 Å². The molecule has 0 aliphatic rings. The van der Waals surface area contributed by atoms with Crippen LogP contribution >= 0.6 is 23.1 Å². The number of nitrogens with zero attached hydrogens (tertiary/aromatic N) is 2. The minimum Gasteiger partial charge on any atom is -0.484 e. The number of carbonyl (C=O) groups excluding carboxylic acids is 1. The highest BCUT2D eigenvalue weighted by Gasteiger charge is 2.08. The van der Waals surface area contributed by atoms with E-state index in [4.69, 9.17) is 9.15 Å². The predicted molar refractivity (Wildman–Crippen MR) is 115 cm³/mol. The number of carbonyl (C=O) groups is 1. The zero-order valence-electron chi connectivity index (χ0n) is 15.5. The van der Waals surface area contributed by atoms with E-state index in [1.807, 2.05) is 61.5 Å². The number of aryl methyl sites for hydroxylation is 1. The van der Waals surface area contributed by atoms with Crippen LogP contribution in [0, 0.1) is 6.92 Å². The van der Waals surface area contributed by atoms with E-state index in [9.17, 15) is 4.79 Å². The highest BCUT2D eigenvalue weighted by molar-refractivity contribution is 8.01. The van der Waals surface area contributed by atoms with Crippen LogP contribution in [0.5, 0.6) is 5.75 Å². The van der Waals surface area contributed by atoms with Crippen LogP contribution in [-0.4, -0.2) is 23.7 Å². The van der Waals surface area contributed by atoms with Gasteiger partial charge in [0, 0.05) is 0 Å². The van der Waals surface area contributed by atoms with Crippen LogP contribution in [0.15, 0.2) is 79.6 Å². The van der Waals surface area contributed by atoms with Gasteiger partial charge < -0.3 is 9.15 Å². The Morgan fingerprint density at radius 2 is 2.03 bits per heavy atom. The van der Waals surface area contributed by atoms with Gasteiger partial charge in [0.2, 0.25) is 0 Å². The van der Waals surface area contributed by atoms with Gasteiger partial charge in [0.15, 0.2) is 16.0 Å². The first kappa shape index (κ1) is 19.2. The molecule has 0 bridgehead atoms. The van der Waals surface area contributed by atoms with Crippen LogP contribution in [0.3, 0.4) is 0 Å². The van der Waals surface area contributed by atoms with Gasteiger partial charge in [0.1, 0.15) is 11.5 Å². The maximum Gasteiger partial charge on any atom is 0.277 e. The Bertz CT molecular complexity index is 1120. The lowest BCUT2D eigenvalue weighted by molar-refractivity contribution is -0.123. The third-order valence-corrected chi connectivity index (χ3v) is 5.85. The molecule has 2 aromatic carbocycles. The standard InChI is InChI=1S/C21H17N3O3S2/c1-14-6-8-15(9-7-14)26-13-19(25)24-22-12-16-10-11-20(27-16)29-21-23-17-4-2-3-5-18(17)28-21/h2-12H,13H2,1H3,(H,24,25)/b22-12+. The summed E-state index contributed by atoms with van der Waals surface area (Å²) in [6.07, 6.45) is 1.45. The number of hydrogen-bond donors (Lipinski definition) is 1.